The summed E-state index contributed by atoms with van der Waals surface area (Å²) in [5, 5.41) is 15.3. The van der Waals surface area contributed by atoms with Crippen molar-refractivity contribution in [3.05, 3.63) is 45.4 Å². The molecule has 4 nitrogen and oxygen atoms in total. The van der Waals surface area contributed by atoms with Gasteiger partial charge in [0.15, 0.2) is 0 Å². The lowest BCUT2D eigenvalue weighted by molar-refractivity contribution is 0.0698. The molecule has 1 aromatic heterocycles. The van der Waals surface area contributed by atoms with Crippen molar-refractivity contribution in [2.45, 2.75) is 6.54 Å². The van der Waals surface area contributed by atoms with E-state index in [4.69, 9.17) is 16.7 Å². The number of hydrogen-bond donors (Lipinski definition) is 2. The number of carboxylic acids is 1. The summed E-state index contributed by atoms with van der Waals surface area (Å²) in [4.78, 5) is 15.1. The van der Waals surface area contributed by atoms with Gasteiger partial charge in [-0.1, -0.05) is 11.6 Å². The Morgan fingerprint density at radius 1 is 1.53 bits per heavy atom. The fourth-order valence-electron chi connectivity index (χ4n) is 1.36. The molecule has 0 amide bonds. The zero-order valence-corrected chi connectivity index (χ0v) is 10.3. The van der Waals surface area contributed by atoms with Crippen LogP contribution in [-0.2, 0) is 6.54 Å². The summed E-state index contributed by atoms with van der Waals surface area (Å²) in [7, 11) is 0. The third-order valence-corrected chi connectivity index (χ3v) is 3.14. The fourth-order valence-corrected chi connectivity index (χ4v) is 2.09. The number of nitrogens with zero attached hydrogens (tertiary/aromatic N) is 1. The van der Waals surface area contributed by atoms with E-state index in [-0.39, 0.29) is 5.56 Å². The summed E-state index contributed by atoms with van der Waals surface area (Å²) < 4.78 is 0. The zero-order chi connectivity index (χ0) is 12.3. The number of rotatable bonds is 4. The molecule has 2 rings (SSSR count). The quantitative estimate of drug-likeness (QED) is 0.894. The zero-order valence-electron chi connectivity index (χ0n) is 8.68. The second-order valence-corrected chi connectivity index (χ2v) is 4.69. The Kier molecular flexibility index (Phi) is 3.61. The Balaban J connectivity index is 2.19. The molecule has 0 radical (unpaired) electrons. The van der Waals surface area contributed by atoms with Crippen molar-refractivity contribution in [3.8, 4) is 0 Å². The monoisotopic (exact) mass is 268 g/mol. The van der Waals surface area contributed by atoms with Gasteiger partial charge >= 0.3 is 5.97 Å². The number of benzene rings is 1. The minimum absolute atomic E-state index is 0.200. The third-order valence-electron chi connectivity index (χ3n) is 2.13. The van der Waals surface area contributed by atoms with Crippen LogP contribution in [0.25, 0.3) is 0 Å². The lowest BCUT2D eigenvalue weighted by Gasteiger charge is -2.08. The molecule has 1 aromatic carbocycles. The van der Waals surface area contributed by atoms with E-state index in [2.05, 4.69) is 10.3 Å². The topological polar surface area (TPSA) is 62.2 Å². The van der Waals surface area contributed by atoms with E-state index in [1.54, 1.807) is 18.3 Å². The van der Waals surface area contributed by atoms with Gasteiger partial charge in [-0.05, 0) is 18.2 Å². The predicted octanol–water partition coefficient (Wildman–Crippen LogP) is 3.11. The first-order valence-corrected chi connectivity index (χ1v) is 6.07. The van der Waals surface area contributed by atoms with Crippen LogP contribution in [0.2, 0.25) is 5.02 Å². The minimum atomic E-state index is -0.983. The molecule has 6 heteroatoms. The van der Waals surface area contributed by atoms with Gasteiger partial charge in [-0.25, -0.2) is 9.78 Å². The third kappa shape index (κ3) is 2.95. The highest BCUT2D eigenvalue weighted by atomic mass is 35.5. The maximum Gasteiger partial charge on any atom is 0.337 e. The lowest BCUT2D eigenvalue weighted by atomic mass is 10.2. The van der Waals surface area contributed by atoms with Gasteiger partial charge in [-0.15, -0.1) is 11.3 Å². The molecule has 0 fully saturated rings. The Morgan fingerprint density at radius 3 is 3.00 bits per heavy atom. The van der Waals surface area contributed by atoms with E-state index < -0.39 is 5.97 Å². The Morgan fingerprint density at radius 2 is 2.35 bits per heavy atom. The molecule has 0 unspecified atom stereocenters. The molecule has 0 atom stereocenters. The largest absolute Gasteiger partial charge is 0.478 e. The maximum absolute atomic E-state index is 11.0. The average molecular weight is 269 g/mol. The standard InChI is InChI=1S/C11H9ClN2O2S/c12-7-1-2-8(11(15)16)9(5-7)14-6-10-13-3-4-17-10/h1-5,14H,6H2,(H,15,16). The van der Waals surface area contributed by atoms with Crippen molar-refractivity contribution in [2.24, 2.45) is 0 Å². The summed E-state index contributed by atoms with van der Waals surface area (Å²) in [5.41, 5.74) is 0.700. The van der Waals surface area contributed by atoms with E-state index in [0.717, 1.165) is 5.01 Å². The number of thiazole rings is 1. The minimum Gasteiger partial charge on any atom is -0.478 e. The van der Waals surface area contributed by atoms with Crippen LogP contribution >= 0.6 is 22.9 Å². The number of hydrogen-bond acceptors (Lipinski definition) is 4. The van der Waals surface area contributed by atoms with Crippen molar-refractivity contribution >= 4 is 34.6 Å². The number of halogens is 1. The van der Waals surface area contributed by atoms with Gasteiger partial charge in [0.05, 0.1) is 17.8 Å². The van der Waals surface area contributed by atoms with Crippen LogP contribution < -0.4 is 5.32 Å². The van der Waals surface area contributed by atoms with Crippen LogP contribution in [0.3, 0.4) is 0 Å². The summed E-state index contributed by atoms with van der Waals surface area (Å²) >= 11 is 7.34. The van der Waals surface area contributed by atoms with E-state index in [9.17, 15) is 4.79 Å². The summed E-state index contributed by atoms with van der Waals surface area (Å²) in [6, 6.07) is 4.63. The first-order valence-electron chi connectivity index (χ1n) is 4.82. The summed E-state index contributed by atoms with van der Waals surface area (Å²) in [6.45, 7) is 0.484. The highest BCUT2D eigenvalue weighted by molar-refractivity contribution is 7.09. The summed E-state index contributed by atoms with van der Waals surface area (Å²) in [6.07, 6.45) is 1.71. The highest BCUT2D eigenvalue weighted by Crippen LogP contribution is 2.22. The lowest BCUT2D eigenvalue weighted by Crippen LogP contribution is -2.06. The van der Waals surface area contributed by atoms with Crippen molar-refractivity contribution in [1.29, 1.82) is 0 Å². The Bertz CT molecular complexity index is 528. The van der Waals surface area contributed by atoms with Crippen LogP contribution in [-0.4, -0.2) is 16.1 Å². The van der Waals surface area contributed by atoms with Gasteiger partial charge in [-0.3, -0.25) is 0 Å². The molecule has 0 aliphatic rings. The molecule has 2 N–H and O–H groups in total. The van der Waals surface area contributed by atoms with Crippen LogP contribution in [0, 0.1) is 0 Å². The molecular weight excluding hydrogens is 260 g/mol. The molecule has 0 saturated carbocycles. The molecule has 0 spiro atoms. The van der Waals surface area contributed by atoms with Crippen molar-refractivity contribution in [1.82, 2.24) is 4.98 Å². The molecule has 88 valence electrons. The molecule has 17 heavy (non-hydrogen) atoms. The predicted molar refractivity (Wildman–Crippen MR) is 67.9 cm³/mol. The van der Waals surface area contributed by atoms with Gasteiger partial charge < -0.3 is 10.4 Å². The summed E-state index contributed by atoms with van der Waals surface area (Å²) in [5.74, 6) is -0.983. The van der Waals surface area contributed by atoms with Crippen molar-refractivity contribution in [3.63, 3.8) is 0 Å². The van der Waals surface area contributed by atoms with Crippen LogP contribution in [0.4, 0.5) is 5.69 Å². The highest BCUT2D eigenvalue weighted by Gasteiger charge is 2.10. The van der Waals surface area contributed by atoms with Crippen molar-refractivity contribution < 1.29 is 9.90 Å². The second kappa shape index (κ2) is 5.16. The molecule has 1 heterocycles. The normalized spacial score (nSPS) is 10.2. The fraction of sp³-hybridized carbons (Fsp3) is 0.0909. The van der Waals surface area contributed by atoms with Gasteiger partial charge in [0.1, 0.15) is 5.01 Å². The second-order valence-electron chi connectivity index (χ2n) is 3.27. The number of nitrogens with one attached hydrogen (secondary N) is 1. The number of aromatic nitrogens is 1. The Hall–Kier alpha value is -1.59. The number of carboxylic acid groups (broad SMARTS) is 1. The van der Waals surface area contributed by atoms with Gasteiger partial charge in [0.25, 0.3) is 0 Å². The maximum atomic E-state index is 11.0. The van der Waals surface area contributed by atoms with E-state index in [0.29, 0.717) is 17.3 Å². The van der Waals surface area contributed by atoms with Gasteiger partial charge in [0.2, 0.25) is 0 Å². The number of carbonyl (C=O) groups is 1. The molecule has 0 bridgehead atoms. The molecule has 0 aliphatic carbocycles. The first-order chi connectivity index (χ1) is 8.16. The van der Waals surface area contributed by atoms with Crippen LogP contribution in [0.5, 0.6) is 0 Å². The number of aromatic carboxylic acids is 1. The van der Waals surface area contributed by atoms with E-state index in [1.807, 2.05) is 5.38 Å². The van der Waals surface area contributed by atoms with Gasteiger partial charge in [-0.2, -0.15) is 0 Å². The van der Waals surface area contributed by atoms with Crippen molar-refractivity contribution in [2.75, 3.05) is 5.32 Å². The average Bonchev–Trinajstić information content (AvgIpc) is 2.78. The molecular formula is C11H9ClN2O2S. The molecule has 2 aromatic rings. The van der Waals surface area contributed by atoms with Crippen LogP contribution in [0.1, 0.15) is 15.4 Å². The van der Waals surface area contributed by atoms with Gasteiger partial charge in [0, 0.05) is 16.6 Å². The molecule has 0 saturated heterocycles. The smallest absolute Gasteiger partial charge is 0.337 e. The van der Waals surface area contributed by atoms with E-state index >= 15 is 0 Å². The van der Waals surface area contributed by atoms with E-state index in [1.165, 1.54) is 17.4 Å². The first kappa shape index (κ1) is 11.9. The molecule has 0 aliphatic heterocycles. The number of anilines is 1. The Labute approximate surface area is 107 Å². The SMILES string of the molecule is O=C(O)c1ccc(Cl)cc1NCc1nccs1. The van der Waals surface area contributed by atoms with Crippen LogP contribution in [0.15, 0.2) is 29.8 Å².